The molecule has 2 saturated heterocycles. The summed E-state index contributed by atoms with van der Waals surface area (Å²) in [5.74, 6) is -0.0257. The van der Waals surface area contributed by atoms with E-state index in [0.717, 1.165) is 37.9 Å². The molecule has 2 heterocycles. The van der Waals surface area contributed by atoms with Gasteiger partial charge in [-0.1, -0.05) is 35.9 Å². The first-order valence-corrected chi connectivity index (χ1v) is 11.6. The van der Waals surface area contributed by atoms with E-state index in [-0.39, 0.29) is 28.9 Å². The fourth-order valence-electron chi connectivity index (χ4n) is 4.91. The lowest BCUT2D eigenvalue weighted by molar-refractivity contribution is -0.132. The zero-order valence-electron chi connectivity index (χ0n) is 18.6. The van der Waals surface area contributed by atoms with E-state index < -0.39 is 0 Å². The molecule has 2 aliphatic heterocycles. The fraction of sp³-hybridized carbons (Fsp3) is 0.423. The highest BCUT2D eigenvalue weighted by Gasteiger charge is 2.43. The predicted octanol–water partition coefficient (Wildman–Crippen LogP) is 4.80. The van der Waals surface area contributed by atoms with Gasteiger partial charge in [-0.15, -0.1) is 0 Å². The van der Waals surface area contributed by atoms with Crippen LogP contribution in [0.2, 0.25) is 5.02 Å². The number of rotatable bonds is 4. The molecule has 1 spiro atoms. The monoisotopic (exact) mass is 452 g/mol. The fourth-order valence-corrected chi connectivity index (χ4v) is 5.04. The van der Waals surface area contributed by atoms with Crippen LogP contribution in [0.5, 0.6) is 0 Å². The Morgan fingerprint density at radius 3 is 1.94 bits per heavy atom. The summed E-state index contributed by atoms with van der Waals surface area (Å²) in [6.07, 6.45) is 2.80. The van der Waals surface area contributed by atoms with Gasteiger partial charge in [0.05, 0.1) is 5.92 Å². The zero-order chi connectivity index (χ0) is 22.9. The van der Waals surface area contributed by atoms with Gasteiger partial charge in [0, 0.05) is 42.3 Å². The highest BCUT2D eigenvalue weighted by Crippen LogP contribution is 2.41. The second-order valence-electron chi connectivity index (χ2n) is 9.21. The van der Waals surface area contributed by atoms with Crippen LogP contribution in [-0.4, -0.2) is 53.6 Å². The van der Waals surface area contributed by atoms with Crippen LogP contribution in [0.1, 0.15) is 65.3 Å². The summed E-state index contributed by atoms with van der Waals surface area (Å²) in [7, 11) is 0. The normalized spacial score (nSPS) is 18.6. The first-order chi connectivity index (χ1) is 15.3. The molecule has 0 radical (unpaired) electrons. The summed E-state index contributed by atoms with van der Waals surface area (Å²) in [5, 5.41) is 0.671. The van der Waals surface area contributed by atoms with Gasteiger partial charge in [-0.3, -0.25) is 14.4 Å². The molecule has 1 atom stereocenters. The maximum atomic E-state index is 13.1. The summed E-state index contributed by atoms with van der Waals surface area (Å²) >= 11 is 5.98. The highest BCUT2D eigenvalue weighted by atomic mass is 35.5. The molecule has 5 nitrogen and oxygen atoms in total. The first kappa shape index (κ1) is 22.5. The largest absolute Gasteiger partial charge is 0.342 e. The molecule has 2 aromatic carbocycles. The van der Waals surface area contributed by atoms with E-state index in [1.54, 1.807) is 24.3 Å². The number of Topliss-reactive ketones (excluding diaryl/α,β-unsaturated/α-hetero) is 1. The number of halogens is 1. The Balaban J connectivity index is 1.34. The van der Waals surface area contributed by atoms with Crippen molar-refractivity contribution < 1.29 is 14.4 Å². The zero-order valence-corrected chi connectivity index (χ0v) is 19.4. The Bertz CT molecular complexity index is 1010. The second kappa shape index (κ2) is 9.07. The minimum atomic E-state index is -0.193. The Morgan fingerprint density at radius 1 is 0.844 bits per heavy atom. The molecule has 2 aromatic rings. The van der Waals surface area contributed by atoms with Gasteiger partial charge in [0.1, 0.15) is 0 Å². The number of likely N-dealkylation sites (tertiary alicyclic amines) is 2. The molecule has 4 rings (SSSR count). The third-order valence-corrected chi connectivity index (χ3v) is 7.39. The lowest BCUT2D eigenvalue weighted by atomic mass is 9.77. The SMILES string of the molecule is CC(=O)c1ccc(C(=O)N2CCC3(CC2)CCN(C(=O)C(C)c2ccc(Cl)cc2)C3)cc1. The minimum Gasteiger partial charge on any atom is -0.342 e. The Kier molecular flexibility index (Phi) is 6.38. The van der Waals surface area contributed by atoms with Crippen molar-refractivity contribution >= 4 is 29.2 Å². The number of piperidine rings is 1. The van der Waals surface area contributed by atoms with E-state index in [4.69, 9.17) is 11.6 Å². The third-order valence-electron chi connectivity index (χ3n) is 7.14. The van der Waals surface area contributed by atoms with Crippen LogP contribution >= 0.6 is 11.6 Å². The first-order valence-electron chi connectivity index (χ1n) is 11.2. The Morgan fingerprint density at radius 2 is 1.38 bits per heavy atom. The highest BCUT2D eigenvalue weighted by molar-refractivity contribution is 6.30. The van der Waals surface area contributed by atoms with E-state index in [9.17, 15) is 14.4 Å². The van der Waals surface area contributed by atoms with Crippen molar-refractivity contribution in [1.29, 1.82) is 0 Å². The number of hydrogen-bond donors (Lipinski definition) is 0. The van der Waals surface area contributed by atoms with Crippen LogP contribution in [0.15, 0.2) is 48.5 Å². The van der Waals surface area contributed by atoms with Gasteiger partial charge in [0.25, 0.3) is 5.91 Å². The van der Waals surface area contributed by atoms with Crippen LogP contribution in [0.4, 0.5) is 0 Å². The van der Waals surface area contributed by atoms with Gasteiger partial charge in [0.15, 0.2) is 5.78 Å². The van der Waals surface area contributed by atoms with Crippen molar-refractivity contribution in [2.75, 3.05) is 26.2 Å². The molecular weight excluding hydrogens is 424 g/mol. The molecule has 0 saturated carbocycles. The van der Waals surface area contributed by atoms with Gasteiger partial charge in [-0.25, -0.2) is 0 Å². The van der Waals surface area contributed by atoms with Crippen LogP contribution in [-0.2, 0) is 4.79 Å². The summed E-state index contributed by atoms with van der Waals surface area (Å²) in [4.78, 5) is 41.3. The maximum absolute atomic E-state index is 13.1. The van der Waals surface area contributed by atoms with Gasteiger partial charge in [0.2, 0.25) is 5.91 Å². The predicted molar refractivity (Wildman–Crippen MR) is 125 cm³/mol. The molecule has 32 heavy (non-hydrogen) atoms. The summed E-state index contributed by atoms with van der Waals surface area (Å²) < 4.78 is 0. The average Bonchev–Trinajstić information content (AvgIpc) is 3.22. The molecular formula is C26H29ClN2O3. The molecule has 1 unspecified atom stereocenters. The van der Waals surface area contributed by atoms with Crippen LogP contribution in [0.25, 0.3) is 0 Å². The average molecular weight is 453 g/mol. The van der Waals surface area contributed by atoms with Gasteiger partial charge in [-0.05, 0) is 68.4 Å². The maximum Gasteiger partial charge on any atom is 0.253 e. The van der Waals surface area contributed by atoms with Crippen LogP contribution < -0.4 is 0 Å². The number of carbonyl (C=O) groups excluding carboxylic acids is 3. The summed E-state index contributed by atoms with van der Waals surface area (Å²) in [6.45, 7) is 6.41. The summed E-state index contributed by atoms with van der Waals surface area (Å²) in [5.41, 5.74) is 2.31. The number of hydrogen-bond acceptors (Lipinski definition) is 3. The van der Waals surface area contributed by atoms with Crippen molar-refractivity contribution in [3.8, 4) is 0 Å². The smallest absolute Gasteiger partial charge is 0.253 e. The lowest BCUT2D eigenvalue weighted by Gasteiger charge is -2.39. The third kappa shape index (κ3) is 4.58. The van der Waals surface area contributed by atoms with Gasteiger partial charge >= 0.3 is 0 Å². The standard InChI is InChI=1S/C26H29ClN2O3/c1-18(20-7-9-23(27)10-8-20)24(31)29-16-13-26(17-29)11-14-28(15-12-26)25(32)22-5-3-21(4-6-22)19(2)30/h3-10,18H,11-17H2,1-2H3. The number of carbonyl (C=O) groups is 3. The van der Waals surface area contributed by atoms with Gasteiger partial charge in [-0.2, -0.15) is 0 Å². The number of ketones is 1. The van der Waals surface area contributed by atoms with Crippen LogP contribution in [0.3, 0.4) is 0 Å². The van der Waals surface area contributed by atoms with Crippen molar-refractivity contribution in [1.82, 2.24) is 9.80 Å². The van der Waals surface area contributed by atoms with Crippen molar-refractivity contribution in [2.45, 2.75) is 39.0 Å². The van der Waals surface area contributed by atoms with E-state index >= 15 is 0 Å². The van der Waals surface area contributed by atoms with E-state index in [0.29, 0.717) is 29.2 Å². The molecule has 0 aliphatic carbocycles. The molecule has 168 valence electrons. The lowest BCUT2D eigenvalue weighted by Crippen LogP contribution is -2.45. The van der Waals surface area contributed by atoms with Crippen molar-refractivity contribution in [3.05, 3.63) is 70.2 Å². The van der Waals surface area contributed by atoms with Gasteiger partial charge < -0.3 is 9.80 Å². The van der Waals surface area contributed by atoms with Crippen molar-refractivity contribution in [3.63, 3.8) is 0 Å². The molecule has 2 amide bonds. The summed E-state index contributed by atoms with van der Waals surface area (Å²) in [6, 6.07) is 14.4. The Labute approximate surface area is 194 Å². The molecule has 6 heteroatoms. The van der Waals surface area contributed by atoms with E-state index in [2.05, 4.69) is 0 Å². The number of amides is 2. The molecule has 0 N–H and O–H groups in total. The molecule has 0 bridgehead atoms. The number of nitrogens with zero attached hydrogens (tertiary/aromatic N) is 2. The minimum absolute atomic E-state index is 0.00497. The topological polar surface area (TPSA) is 57.7 Å². The van der Waals surface area contributed by atoms with E-state index in [1.807, 2.05) is 41.0 Å². The van der Waals surface area contributed by atoms with Crippen LogP contribution in [0, 0.1) is 5.41 Å². The number of benzene rings is 2. The Hall–Kier alpha value is -2.66. The quantitative estimate of drug-likeness (QED) is 0.626. The second-order valence-corrected chi connectivity index (χ2v) is 9.65. The molecule has 2 fully saturated rings. The van der Waals surface area contributed by atoms with Crippen molar-refractivity contribution in [2.24, 2.45) is 5.41 Å². The molecule has 0 aromatic heterocycles. The molecule has 2 aliphatic rings. The van der Waals surface area contributed by atoms with E-state index in [1.165, 1.54) is 6.92 Å².